The van der Waals surface area contributed by atoms with Crippen LogP contribution < -0.4 is 11.0 Å². The number of amides is 1. The van der Waals surface area contributed by atoms with Crippen LogP contribution in [0.5, 0.6) is 0 Å². The largest absolute Gasteiger partial charge is 0.352 e. The highest BCUT2D eigenvalue weighted by Gasteiger charge is 2.19. The van der Waals surface area contributed by atoms with Crippen molar-refractivity contribution in [2.24, 2.45) is 0 Å². The Kier molecular flexibility index (Phi) is 5.80. The van der Waals surface area contributed by atoms with Crippen molar-refractivity contribution in [3.63, 3.8) is 0 Å². The van der Waals surface area contributed by atoms with Crippen molar-refractivity contribution < 1.29 is 4.79 Å². The molecule has 0 atom stereocenters. The summed E-state index contributed by atoms with van der Waals surface area (Å²) >= 11 is 6.11. The van der Waals surface area contributed by atoms with Gasteiger partial charge in [0.2, 0.25) is 5.91 Å². The standard InChI is InChI=1S/C21H21ClN4O2/c1-4-15-8-10-18(11-9-15)26-21(28)25(13-19(27)23-14(2)3)20(24-26)16-6-5-7-17(22)12-16/h4-12,14H,1,13H2,2-3H3,(H,23,27). The van der Waals surface area contributed by atoms with Gasteiger partial charge in [-0.15, -0.1) is 5.10 Å². The fraction of sp³-hybridized carbons (Fsp3) is 0.190. The molecule has 0 aliphatic rings. The van der Waals surface area contributed by atoms with Gasteiger partial charge in [0.1, 0.15) is 6.54 Å². The van der Waals surface area contributed by atoms with E-state index in [4.69, 9.17) is 11.6 Å². The maximum atomic E-state index is 13.1. The molecule has 0 aliphatic heterocycles. The van der Waals surface area contributed by atoms with E-state index >= 15 is 0 Å². The molecule has 0 fully saturated rings. The zero-order valence-electron chi connectivity index (χ0n) is 15.7. The third-order valence-corrected chi connectivity index (χ3v) is 4.31. The third kappa shape index (κ3) is 4.23. The van der Waals surface area contributed by atoms with Gasteiger partial charge < -0.3 is 5.32 Å². The molecular formula is C21H21ClN4O2. The average Bonchev–Trinajstić information content (AvgIpc) is 2.98. The highest BCUT2D eigenvalue weighted by Crippen LogP contribution is 2.21. The van der Waals surface area contributed by atoms with E-state index in [0.29, 0.717) is 22.1 Å². The van der Waals surface area contributed by atoms with Crippen LogP contribution in [-0.2, 0) is 11.3 Å². The highest BCUT2D eigenvalue weighted by molar-refractivity contribution is 6.30. The van der Waals surface area contributed by atoms with Crippen molar-refractivity contribution in [3.05, 3.63) is 76.2 Å². The van der Waals surface area contributed by atoms with Crippen LogP contribution in [0.15, 0.2) is 59.9 Å². The van der Waals surface area contributed by atoms with Gasteiger partial charge >= 0.3 is 5.69 Å². The van der Waals surface area contributed by atoms with Crippen LogP contribution in [0.3, 0.4) is 0 Å². The Bertz CT molecular complexity index is 1060. The number of carbonyl (C=O) groups excluding carboxylic acids is 1. The maximum Gasteiger partial charge on any atom is 0.351 e. The van der Waals surface area contributed by atoms with Crippen molar-refractivity contribution in [3.8, 4) is 17.1 Å². The number of rotatable bonds is 6. The SMILES string of the molecule is C=Cc1ccc(-n2nc(-c3cccc(Cl)c3)n(CC(=O)NC(C)C)c2=O)cc1. The summed E-state index contributed by atoms with van der Waals surface area (Å²) in [5.74, 6) is 0.112. The first-order chi connectivity index (χ1) is 13.4. The number of carbonyl (C=O) groups is 1. The smallest absolute Gasteiger partial charge is 0.351 e. The molecule has 0 bridgehead atoms. The number of hydrogen-bond acceptors (Lipinski definition) is 3. The normalized spacial score (nSPS) is 10.9. The fourth-order valence-electron chi connectivity index (χ4n) is 2.81. The van der Waals surface area contributed by atoms with Gasteiger partial charge in [-0.1, -0.05) is 48.5 Å². The van der Waals surface area contributed by atoms with Crippen LogP contribution in [0.1, 0.15) is 19.4 Å². The van der Waals surface area contributed by atoms with E-state index in [1.807, 2.05) is 26.0 Å². The quantitative estimate of drug-likeness (QED) is 0.693. The Labute approximate surface area is 168 Å². The zero-order valence-corrected chi connectivity index (χ0v) is 16.5. The van der Waals surface area contributed by atoms with Crippen molar-refractivity contribution >= 4 is 23.6 Å². The second-order valence-corrected chi connectivity index (χ2v) is 7.07. The summed E-state index contributed by atoms with van der Waals surface area (Å²) < 4.78 is 2.64. The lowest BCUT2D eigenvalue weighted by atomic mass is 10.2. The second-order valence-electron chi connectivity index (χ2n) is 6.63. The lowest BCUT2D eigenvalue weighted by Gasteiger charge is -2.09. The Balaban J connectivity index is 2.12. The molecule has 3 rings (SSSR count). The Morgan fingerprint density at radius 3 is 2.57 bits per heavy atom. The molecule has 1 amide bonds. The summed E-state index contributed by atoms with van der Waals surface area (Å²) in [5.41, 5.74) is 1.79. The molecule has 1 heterocycles. The monoisotopic (exact) mass is 396 g/mol. The van der Waals surface area contributed by atoms with Crippen LogP contribution >= 0.6 is 11.6 Å². The van der Waals surface area contributed by atoms with Gasteiger partial charge in [-0.2, -0.15) is 4.68 Å². The molecule has 6 nitrogen and oxygen atoms in total. The molecule has 0 unspecified atom stereocenters. The molecule has 7 heteroatoms. The molecular weight excluding hydrogens is 376 g/mol. The maximum absolute atomic E-state index is 13.1. The minimum absolute atomic E-state index is 0.0284. The first kappa shape index (κ1) is 19.6. The van der Waals surface area contributed by atoms with Gasteiger partial charge in [-0.3, -0.25) is 9.36 Å². The fourth-order valence-corrected chi connectivity index (χ4v) is 3.00. The van der Waals surface area contributed by atoms with E-state index in [0.717, 1.165) is 5.56 Å². The number of benzene rings is 2. The molecule has 0 aliphatic carbocycles. The predicted octanol–water partition coefficient (Wildman–Crippen LogP) is 3.52. The summed E-state index contributed by atoms with van der Waals surface area (Å²) in [6.07, 6.45) is 1.72. The average molecular weight is 397 g/mol. The van der Waals surface area contributed by atoms with Crippen LogP contribution in [0.2, 0.25) is 5.02 Å². The topological polar surface area (TPSA) is 68.9 Å². The van der Waals surface area contributed by atoms with Crippen LogP contribution in [0, 0.1) is 0 Å². The lowest BCUT2D eigenvalue weighted by molar-refractivity contribution is -0.122. The van der Waals surface area contributed by atoms with Gasteiger partial charge in [0.15, 0.2) is 5.82 Å². The van der Waals surface area contributed by atoms with E-state index in [9.17, 15) is 9.59 Å². The van der Waals surface area contributed by atoms with Gasteiger partial charge in [-0.25, -0.2) is 4.79 Å². The van der Waals surface area contributed by atoms with Gasteiger partial charge in [0.05, 0.1) is 5.69 Å². The van der Waals surface area contributed by atoms with Gasteiger partial charge in [-0.05, 0) is 43.7 Å². The zero-order chi connectivity index (χ0) is 20.3. The van der Waals surface area contributed by atoms with E-state index < -0.39 is 5.69 Å². The molecule has 0 saturated carbocycles. The molecule has 1 N–H and O–H groups in total. The second kappa shape index (κ2) is 8.27. The van der Waals surface area contributed by atoms with E-state index in [2.05, 4.69) is 17.0 Å². The van der Waals surface area contributed by atoms with Crippen molar-refractivity contribution in [2.45, 2.75) is 26.4 Å². The molecule has 144 valence electrons. The third-order valence-electron chi connectivity index (χ3n) is 4.07. The Hall–Kier alpha value is -3.12. The summed E-state index contributed by atoms with van der Waals surface area (Å²) in [7, 11) is 0. The number of hydrogen-bond donors (Lipinski definition) is 1. The summed E-state index contributed by atoms with van der Waals surface area (Å²) in [4.78, 5) is 25.4. The molecule has 3 aromatic rings. The minimum Gasteiger partial charge on any atom is -0.352 e. The van der Waals surface area contributed by atoms with Crippen LogP contribution in [0.25, 0.3) is 23.2 Å². The Morgan fingerprint density at radius 1 is 1.25 bits per heavy atom. The minimum atomic E-state index is -0.403. The number of nitrogens with one attached hydrogen (secondary N) is 1. The molecule has 0 spiro atoms. The van der Waals surface area contributed by atoms with Crippen molar-refractivity contribution in [2.75, 3.05) is 0 Å². The lowest BCUT2D eigenvalue weighted by Crippen LogP contribution is -2.36. The van der Waals surface area contributed by atoms with Crippen molar-refractivity contribution in [1.29, 1.82) is 0 Å². The summed E-state index contributed by atoms with van der Waals surface area (Å²) in [6.45, 7) is 7.32. The Morgan fingerprint density at radius 2 is 1.96 bits per heavy atom. The summed E-state index contributed by atoms with van der Waals surface area (Å²) in [6, 6.07) is 14.3. The molecule has 2 aromatic carbocycles. The summed E-state index contributed by atoms with van der Waals surface area (Å²) in [5, 5.41) is 7.80. The van der Waals surface area contributed by atoms with E-state index in [1.165, 1.54) is 9.25 Å². The van der Waals surface area contributed by atoms with Crippen LogP contribution in [-0.4, -0.2) is 26.3 Å². The number of nitrogens with zero attached hydrogens (tertiary/aromatic N) is 3. The number of halogens is 1. The number of aromatic nitrogens is 3. The van der Waals surface area contributed by atoms with E-state index in [1.54, 1.807) is 42.5 Å². The highest BCUT2D eigenvalue weighted by atomic mass is 35.5. The first-order valence-electron chi connectivity index (χ1n) is 8.87. The first-order valence-corrected chi connectivity index (χ1v) is 9.25. The molecule has 28 heavy (non-hydrogen) atoms. The molecule has 0 radical (unpaired) electrons. The van der Waals surface area contributed by atoms with Gasteiger partial charge in [0.25, 0.3) is 0 Å². The van der Waals surface area contributed by atoms with Gasteiger partial charge in [0, 0.05) is 16.6 Å². The van der Waals surface area contributed by atoms with Crippen molar-refractivity contribution in [1.82, 2.24) is 19.7 Å². The predicted molar refractivity (Wildman–Crippen MR) is 112 cm³/mol. The molecule has 1 aromatic heterocycles. The van der Waals surface area contributed by atoms with E-state index in [-0.39, 0.29) is 18.5 Å². The molecule has 0 saturated heterocycles. The van der Waals surface area contributed by atoms with Crippen LogP contribution in [0.4, 0.5) is 0 Å².